The number of hydrogen-bond acceptors (Lipinski definition) is 4. The summed E-state index contributed by atoms with van der Waals surface area (Å²) in [6.07, 6.45) is 0. The number of hydrogen-bond donors (Lipinski definition) is 1. The number of Topliss-reactive ketones (excluding diaryl/α,β-unsaturated/α-hetero) is 1. The number of aromatic amines is 1. The van der Waals surface area contributed by atoms with Crippen LogP contribution in [0.3, 0.4) is 0 Å². The Labute approximate surface area is 182 Å². The van der Waals surface area contributed by atoms with E-state index in [1.807, 2.05) is 19.1 Å². The Morgan fingerprint density at radius 1 is 1.00 bits per heavy atom. The fourth-order valence-electron chi connectivity index (χ4n) is 3.03. The van der Waals surface area contributed by atoms with Crippen molar-refractivity contribution in [1.29, 1.82) is 0 Å². The van der Waals surface area contributed by atoms with E-state index in [9.17, 15) is 13.2 Å². The number of aryl methyl sites for hydroxylation is 1. The van der Waals surface area contributed by atoms with Crippen molar-refractivity contribution in [2.45, 2.75) is 11.8 Å². The van der Waals surface area contributed by atoms with Gasteiger partial charge < -0.3 is 4.98 Å². The van der Waals surface area contributed by atoms with Crippen LogP contribution < -0.4 is 4.31 Å². The Morgan fingerprint density at radius 2 is 1.67 bits per heavy atom. The molecule has 6 nitrogen and oxygen atoms in total. The zero-order valence-electron chi connectivity index (χ0n) is 16.0. The molecule has 0 atom stereocenters. The minimum atomic E-state index is -4.02. The molecule has 30 heavy (non-hydrogen) atoms. The van der Waals surface area contributed by atoms with Crippen LogP contribution in [-0.2, 0) is 10.0 Å². The largest absolute Gasteiger partial charge is 0.323 e. The van der Waals surface area contributed by atoms with Crippen molar-refractivity contribution in [2.75, 3.05) is 10.8 Å². The van der Waals surface area contributed by atoms with Crippen LogP contribution in [0.25, 0.3) is 11.0 Å². The minimum absolute atomic E-state index is 0.0946. The number of carbonyl (C=O) groups excluding carboxylic acids is 1. The van der Waals surface area contributed by atoms with Crippen molar-refractivity contribution in [3.8, 4) is 0 Å². The molecule has 4 aromatic rings. The number of nitrogens with one attached hydrogen (secondary N) is 1. The van der Waals surface area contributed by atoms with Crippen molar-refractivity contribution < 1.29 is 13.2 Å². The molecule has 0 fully saturated rings. The molecular weight excluding hydrogens is 466 g/mol. The highest BCUT2D eigenvalue weighted by Gasteiger charge is 2.30. The number of H-pyrrole nitrogens is 1. The van der Waals surface area contributed by atoms with E-state index in [0.29, 0.717) is 16.6 Å². The summed E-state index contributed by atoms with van der Waals surface area (Å²) in [6, 6.07) is 20.5. The SMILES string of the molecule is Cc1ccc(S(=O)(=O)N(CC(=O)c2ccc(Br)cc2)c2nc3ccccc3[nH]2)cc1. The Kier molecular flexibility index (Phi) is 5.44. The zero-order chi connectivity index (χ0) is 21.3. The predicted octanol–water partition coefficient (Wildman–Crippen LogP) is 4.71. The Bertz CT molecular complexity index is 1280. The maximum absolute atomic E-state index is 13.4. The molecule has 0 aliphatic rings. The lowest BCUT2D eigenvalue weighted by Gasteiger charge is -2.21. The number of sulfonamides is 1. The number of anilines is 1. The quantitative estimate of drug-likeness (QED) is 0.402. The standard InChI is InChI=1S/C22H18BrN3O3S/c1-15-6-12-18(13-7-15)30(28,29)26(14-21(27)16-8-10-17(23)11-9-16)22-24-19-4-2-3-5-20(19)25-22/h2-13H,14H2,1H3,(H,24,25). The molecule has 0 saturated heterocycles. The van der Waals surface area contributed by atoms with Gasteiger partial charge in [0, 0.05) is 10.0 Å². The van der Waals surface area contributed by atoms with Gasteiger partial charge in [0.25, 0.3) is 10.0 Å². The lowest BCUT2D eigenvalue weighted by molar-refractivity contribution is 0.100. The molecule has 1 N–H and O–H groups in total. The van der Waals surface area contributed by atoms with E-state index in [4.69, 9.17) is 0 Å². The highest BCUT2D eigenvalue weighted by atomic mass is 79.9. The van der Waals surface area contributed by atoms with E-state index in [1.165, 1.54) is 12.1 Å². The number of carbonyl (C=O) groups is 1. The Morgan fingerprint density at radius 3 is 2.33 bits per heavy atom. The third kappa shape index (κ3) is 4.01. The van der Waals surface area contributed by atoms with Crippen LogP contribution in [0.4, 0.5) is 5.95 Å². The number of aromatic nitrogens is 2. The van der Waals surface area contributed by atoms with Gasteiger partial charge in [-0.15, -0.1) is 0 Å². The van der Waals surface area contributed by atoms with Crippen LogP contribution in [0.5, 0.6) is 0 Å². The minimum Gasteiger partial charge on any atom is -0.323 e. The molecule has 0 radical (unpaired) electrons. The van der Waals surface area contributed by atoms with Crippen molar-refractivity contribution in [3.63, 3.8) is 0 Å². The summed E-state index contributed by atoms with van der Waals surface area (Å²) in [4.78, 5) is 20.5. The highest BCUT2D eigenvalue weighted by Crippen LogP contribution is 2.25. The number of nitrogens with zero attached hydrogens (tertiary/aromatic N) is 2. The number of para-hydroxylation sites is 2. The van der Waals surface area contributed by atoms with Gasteiger partial charge in [-0.1, -0.05) is 57.9 Å². The molecule has 0 spiro atoms. The topological polar surface area (TPSA) is 83.1 Å². The second-order valence-corrected chi connectivity index (χ2v) is 9.61. The van der Waals surface area contributed by atoms with Crippen molar-refractivity contribution >= 4 is 48.7 Å². The fourth-order valence-corrected chi connectivity index (χ4v) is 4.63. The average molecular weight is 484 g/mol. The molecule has 1 heterocycles. The van der Waals surface area contributed by atoms with E-state index in [-0.39, 0.29) is 23.2 Å². The summed E-state index contributed by atoms with van der Waals surface area (Å²) >= 11 is 3.34. The van der Waals surface area contributed by atoms with Gasteiger partial charge in [0.05, 0.1) is 15.9 Å². The molecule has 152 valence electrons. The highest BCUT2D eigenvalue weighted by molar-refractivity contribution is 9.10. The van der Waals surface area contributed by atoms with E-state index in [2.05, 4.69) is 25.9 Å². The van der Waals surface area contributed by atoms with Crippen LogP contribution in [0.1, 0.15) is 15.9 Å². The number of ketones is 1. The normalized spacial score (nSPS) is 11.5. The number of imidazole rings is 1. The first-order valence-corrected chi connectivity index (χ1v) is 11.4. The van der Waals surface area contributed by atoms with Gasteiger partial charge in [0.1, 0.15) is 6.54 Å². The number of benzene rings is 3. The van der Waals surface area contributed by atoms with Gasteiger partial charge in [-0.3, -0.25) is 4.79 Å². The van der Waals surface area contributed by atoms with Crippen LogP contribution in [0.15, 0.2) is 82.2 Å². The third-order valence-electron chi connectivity index (χ3n) is 4.68. The first-order valence-electron chi connectivity index (χ1n) is 9.17. The van der Waals surface area contributed by atoms with Gasteiger partial charge >= 0.3 is 0 Å². The lowest BCUT2D eigenvalue weighted by Crippen LogP contribution is -2.36. The van der Waals surface area contributed by atoms with E-state index >= 15 is 0 Å². The number of fused-ring (bicyclic) bond motifs is 1. The second kappa shape index (κ2) is 8.04. The zero-order valence-corrected chi connectivity index (χ0v) is 18.4. The molecule has 0 bridgehead atoms. The number of rotatable bonds is 6. The maximum atomic E-state index is 13.4. The van der Waals surface area contributed by atoms with E-state index in [0.717, 1.165) is 14.3 Å². The maximum Gasteiger partial charge on any atom is 0.267 e. The Balaban J connectivity index is 1.78. The van der Waals surface area contributed by atoms with Crippen molar-refractivity contribution in [1.82, 2.24) is 9.97 Å². The van der Waals surface area contributed by atoms with Crippen molar-refractivity contribution in [3.05, 3.63) is 88.4 Å². The smallest absolute Gasteiger partial charge is 0.267 e. The van der Waals surface area contributed by atoms with Gasteiger partial charge in [0.15, 0.2) is 5.78 Å². The molecule has 0 aliphatic carbocycles. The lowest BCUT2D eigenvalue weighted by atomic mass is 10.1. The summed E-state index contributed by atoms with van der Waals surface area (Å²) < 4.78 is 28.8. The summed E-state index contributed by atoms with van der Waals surface area (Å²) in [5, 5.41) is 0. The first-order chi connectivity index (χ1) is 14.3. The summed E-state index contributed by atoms with van der Waals surface area (Å²) in [6.45, 7) is 1.50. The predicted molar refractivity (Wildman–Crippen MR) is 120 cm³/mol. The Hall–Kier alpha value is -2.97. The summed E-state index contributed by atoms with van der Waals surface area (Å²) in [5.74, 6) is -0.235. The van der Waals surface area contributed by atoms with Crippen LogP contribution in [-0.4, -0.2) is 30.7 Å². The van der Waals surface area contributed by atoms with Gasteiger partial charge in [0.2, 0.25) is 5.95 Å². The van der Waals surface area contributed by atoms with Crippen LogP contribution in [0, 0.1) is 6.92 Å². The molecule has 1 aromatic heterocycles. The van der Waals surface area contributed by atoms with Crippen LogP contribution >= 0.6 is 15.9 Å². The molecule has 0 saturated carbocycles. The molecule has 0 amide bonds. The van der Waals surface area contributed by atoms with Crippen LogP contribution in [0.2, 0.25) is 0 Å². The first kappa shape index (κ1) is 20.3. The van der Waals surface area contributed by atoms with E-state index in [1.54, 1.807) is 48.5 Å². The number of halogens is 1. The summed E-state index contributed by atoms with van der Waals surface area (Å²) in [7, 11) is -4.02. The molecule has 0 unspecified atom stereocenters. The third-order valence-corrected chi connectivity index (χ3v) is 6.95. The molecule has 3 aromatic carbocycles. The molecule has 0 aliphatic heterocycles. The second-order valence-electron chi connectivity index (χ2n) is 6.83. The van der Waals surface area contributed by atoms with E-state index < -0.39 is 10.0 Å². The van der Waals surface area contributed by atoms with Gasteiger partial charge in [-0.2, -0.15) is 0 Å². The average Bonchev–Trinajstić information content (AvgIpc) is 3.16. The van der Waals surface area contributed by atoms with Gasteiger partial charge in [-0.25, -0.2) is 17.7 Å². The molecule has 4 rings (SSSR count). The molecule has 8 heteroatoms. The monoisotopic (exact) mass is 483 g/mol. The summed E-state index contributed by atoms with van der Waals surface area (Å²) in [5.41, 5.74) is 2.66. The fraction of sp³-hybridized carbons (Fsp3) is 0.0909. The molecular formula is C22H18BrN3O3S. The van der Waals surface area contributed by atoms with Gasteiger partial charge in [-0.05, 0) is 43.3 Å². The van der Waals surface area contributed by atoms with Crippen molar-refractivity contribution in [2.24, 2.45) is 0 Å².